The van der Waals surface area contributed by atoms with E-state index in [1.165, 1.54) is 0 Å². The summed E-state index contributed by atoms with van der Waals surface area (Å²) in [4.78, 5) is 10.8. The van der Waals surface area contributed by atoms with Crippen LogP contribution in [-0.2, 0) is 11.2 Å². The number of benzene rings is 2. The summed E-state index contributed by atoms with van der Waals surface area (Å²) >= 11 is 0. The van der Waals surface area contributed by atoms with E-state index in [0.717, 1.165) is 16.3 Å². The molecule has 2 aromatic rings. The zero-order chi connectivity index (χ0) is 13.8. The van der Waals surface area contributed by atoms with Crippen LogP contribution in [0.5, 0.6) is 0 Å². The molecule has 0 spiro atoms. The second-order valence-electron chi connectivity index (χ2n) is 4.86. The van der Waals surface area contributed by atoms with Gasteiger partial charge < -0.3 is 10.5 Å². The van der Waals surface area contributed by atoms with Gasteiger partial charge in [-0.25, -0.2) is 0 Å². The van der Waals surface area contributed by atoms with E-state index in [2.05, 4.69) is 0 Å². The van der Waals surface area contributed by atoms with Crippen LogP contribution < -0.4 is 0 Å². The van der Waals surface area contributed by atoms with Crippen LogP contribution in [0.25, 0.3) is 10.8 Å². The highest BCUT2D eigenvalue weighted by Gasteiger charge is 2.14. The first kappa shape index (κ1) is 13.3. The molecule has 2 rings (SSSR count). The lowest BCUT2D eigenvalue weighted by atomic mass is 9.96. The Kier molecular flexibility index (Phi) is 3.95. The van der Waals surface area contributed by atoms with Crippen LogP contribution in [0.1, 0.15) is 18.9 Å². The standard InChI is InChI=1S/C16H17NO2/c1-11(16(18)19)9-14(17)10-13-7-4-6-12-5-2-3-8-15(12)13/h2-8,11,17H,9-10H2,1H3,(H,18,19)/t11-/m0/s1. The maximum atomic E-state index is 10.8. The SMILES string of the molecule is C[C@@H](CC(=N)Cc1cccc2ccccc12)C(=O)O. The van der Waals surface area contributed by atoms with Crippen LogP contribution in [0.4, 0.5) is 0 Å². The molecule has 2 aromatic carbocycles. The van der Waals surface area contributed by atoms with E-state index in [-0.39, 0.29) is 0 Å². The molecule has 0 heterocycles. The molecule has 0 amide bonds. The van der Waals surface area contributed by atoms with Gasteiger partial charge in [0.05, 0.1) is 5.92 Å². The van der Waals surface area contributed by atoms with Gasteiger partial charge >= 0.3 is 5.97 Å². The van der Waals surface area contributed by atoms with E-state index in [9.17, 15) is 4.79 Å². The Hall–Kier alpha value is -2.16. The number of hydrogen-bond donors (Lipinski definition) is 2. The summed E-state index contributed by atoms with van der Waals surface area (Å²) in [7, 11) is 0. The zero-order valence-electron chi connectivity index (χ0n) is 10.9. The van der Waals surface area contributed by atoms with Gasteiger partial charge in [0.25, 0.3) is 0 Å². The molecule has 0 aromatic heterocycles. The summed E-state index contributed by atoms with van der Waals surface area (Å²) in [5.74, 6) is -1.34. The van der Waals surface area contributed by atoms with E-state index >= 15 is 0 Å². The number of aliphatic carboxylic acids is 1. The molecule has 1 atom stereocenters. The van der Waals surface area contributed by atoms with Crippen molar-refractivity contribution in [3.8, 4) is 0 Å². The Morgan fingerprint density at radius 2 is 1.89 bits per heavy atom. The van der Waals surface area contributed by atoms with Crippen molar-refractivity contribution >= 4 is 22.5 Å². The molecule has 0 aliphatic rings. The normalized spacial score (nSPS) is 12.3. The fourth-order valence-electron chi connectivity index (χ4n) is 2.21. The number of nitrogens with one attached hydrogen (secondary N) is 1. The first-order chi connectivity index (χ1) is 9.08. The van der Waals surface area contributed by atoms with Crippen LogP contribution in [-0.4, -0.2) is 16.8 Å². The summed E-state index contributed by atoms with van der Waals surface area (Å²) < 4.78 is 0. The number of carbonyl (C=O) groups is 1. The predicted molar refractivity (Wildman–Crippen MR) is 76.8 cm³/mol. The van der Waals surface area contributed by atoms with E-state index in [1.54, 1.807) is 6.92 Å². The quantitative estimate of drug-likeness (QED) is 0.803. The molecule has 2 N–H and O–H groups in total. The van der Waals surface area contributed by atoms with Gasteiger partial charge in [-0.15, -0.1) is 0 Å². The van der Waals surface area contributed by atoms with Crippen LogP contribution in [0.3, 0.4) is 0 Å². The van der Waals surface area contributed by atoms with Crippen molar-refractivity contribution in [1.29, 1.82) is 5.41 Å². The third kappa shape index (κ3) is 3.19. The van der Waals surface area contributed by atoms with Gasteiger partial charge in [0.2, 0.25) is 0 Å². The molecule has 3 nitrogen and oxygen atoms in total. The minimum atomic E-state index is -0.845. The smallest absolute Gasteiger partial charge is 0.306 e. The average Bonchev–Trinajstić information content (AvgIpc) is 2.39. The summed E-state index contributed by atoms with van der Waals surface area (Å²) in [6, 6.07) is 14.1. The van der Waals surface area contributed by atoms with E-state index < -0.39 is 11.9 Å². The molecule has 0 aliphatic carbocycles. The van der Waals surface area contributed by atoms with Crippen LogP contribution in [0, 0.1) is 11.3 Å². The third-order valence-electron chi connectivity index (χ3n) is 3.26. The molecule has 0 fully saturated rings. The van der Waals surface area contributed by atoms with Gasteiger partial charge in [-0.3, -0.25) is 4.79 Å². The van der Waals surface area contributed by atoms with Crippen molar-refractivity contribution in [2.45, 2.75) is 19.8 Å². The second-order valence-corrected chi connectivity index (χ2v) is 4.86. The number of rotatable bonds is 5. The van der Waals surface area contributed by atoms with Crippen molar-refractivity contribution in [3.05, 3.63) is 48.0 Å². The second kappa shape index (κ2) is 5.65. The van der Waals surface area contributed by atoms with Gasteiger partial charge in [0.1, 0.15) is 0 Å². The lowest BCUT2D eigenvalue weighted by Crippen LogP contribution is -2.15. The minimum absolute atomic E-state index is 0.304. The third-order valence-corrected chi connectivity index (χ3v) is 3.26. The first-order valence-electron chi connectivity index (χ1n) is 6.33. The number of carboxylic acid groups (broad SMARTS) is 1. The fraction of sp³-hybridized carbons (Fsp3) is 0.250. The molecule has 3 heteroatoms. The Labute approximate surface area is 112 Å². The van der Waals surface area contributed by atoms with E-state index in [4.69, 9.17) is 10.5 Å². The van der Waals surface area contributed by atoms with Crippen molar-refractivity contribution in [2.24, 2.45) is 5.92 Å². The zero-order valence-corrected chi connectivity index (χ0v) is 10.9. The van der Waals surface area contributed by atoms with Crippen LogP contribution in [0.2, 0.25) is 0 Å². The lowest BCUT2D eigenvalue weighted by molar-refractivity contribution is -0.140. The molecule has 19 heavy (non-hydrogen) atoms. The van der Waals surface area contributed by atoms with Gasteiger partial charge in [-0.1, -0.05) is 49.4 Å². The maximum Gasteiger partial charge on any atom is 0.306 e. The molecule has 0 saturated carbocycles. The van der Waals surface area contributed by atoms with Gasteiger partial charge in [0, 0.05) is 12.1 Å². The summed E-state index contributed by atoms with van der Waals surface area (Å²) in [5, 5.41) is 19.1. The molecule has 0 saturated heterocycles. The Morgan fingerprint density at radius 1 is 1.21 bits per heavy atom. The monoisotopic (exact) mass is 255 g/mol. The Bertz CT molecular complexity index is 614. The highest BCUT2D eigenvalue weighted by Crippen LogP contribution is 2.20. The van der Waals surface area contributed by atoms with Crippen LogP contribution in [0.15, 0.2) is 42.5 Å². The highest BCUT2D eigenvalue weighted by molar-refractivity contribution is 5.93. The first-order valence-corrected chi connectivity index (χ1v) is 6.33. The molecule has 0 aliphatic heterocycles. The van der Waals surface area contributed by atoms with E-state index in [1.807, 2.05) is 42.5 Å². The van der Waals surface area contributed by atoms with Crippen LogP contribution >= 0.6 is 0 Å². The Morgan fingerprint density at radius 3 is 2.63 bits per heavy atom. The summed E-state index contributed by atoms with van der Waals surface area (Å²) in [6.07, 6.45) is 0.817. The molecule has 98 valence electrons. The molecule has 0 radical (unpaired) electrons. The Balaban J connectivity index is 2.17. The number of fused-ring (bicyclic) bond motifs is 1. The van der Waals surface area contributed by atoms with Gasteiger partial charge in [-0.05, 0) is 22.8 Å². The van der Waals surface area contributed by atoms with Crippen molar-refractivity contribution in [2.75, 3.05) is 0 Å². The van der Waals surface area contributed by atoms with Gasteiger partial charge in [-0.2, -0.15) is 0 Å². The molecule has 0 unspecified atom stereocenters. The van der Waals surface area contributed by atoms with Gasteiger partial charge in [0.15, 0.2) is 0 Å². The maximum absolute atomic E-state index is 10.8. The number of carboxylic acids is 1. The van der Waals surface area contributed by atoms with Crippen molar-refractivity contribution in [1.82, 2.24) is 0 Å². The summed E-state index contributed by atoms with van der Waals surface area (Å²) in [5.41, 5.74) is 1.55. The van der Waals surface area contributed by atoms with E-state index in [0.29, 0.717) is 18.6 Å². The lowest BCUT2D eigenvalue weighted by Gasteiger charge is -2.10. The average molecular weight is 255 g/mol. The molecular weight excluding hydrogens is 238 g/mol. The highest BCUT2D eigenvalue weighted by atomic mass is 16.4. The molecular formula is C16H17NO2. The summed E-state index contributed by atoms with van der Waals surface area (Å²) in [6.45, 7) is 1.64. The minimum Gasteiger partial charge on any atom is -0.481 e. The largest absolute Gasteiger partial charge is 0.481 e. The predicted octanol–water partition coefficient (Wildman–Crippen LogP) is 3.51. The van der Waals surface area contributed by atoms with Crippen molar-refractivity contribution < 1.29 is 9.90 Å². The van der Waals surface area contributed by atoms with Crippen molar-refractivity contribution in [3.63, 3.8) is 0 Å². The molecule has 0 bridgehead atoms. The fourth-order valence-corrected chi connectivity index (χ4v) is 2.21. The topological polar surface area (TPSA) is 61.2 Å². The number of hydrogen-bond acceptors (Lipinski definition) is 2.